The molecule has 0 spiro atoms. The zero-order valence-electron chi connectivity index (χ0n) is 10.3. The number of aliphatic carboxylic acids is 1. The van der Waals surface area contributed by atoms with E-state index >= 15 is 0 Å². The molecule has 1 heterocycles. The fourth-order valence-electron chi connectivity index (χ4n) is 2.70. The zero-order valence-corrected chi connectivity index (χ0v) is 10.3. The molecule has 3 rings (SSSR count). The predicted molar refractivity (Wildman–Crippen MR) is 69.6 cm³/mol. The minimum Gasteiger partial charge on any atom is -0.481 e. The van der Waals surface area contributed by atoms with E-state index in [1.807, 2.05) is 31.3 Å². The molecule has 1 aliphatic rings. The molecular weight excluding hydrogens is 226 g/mol. The highest BCUT2D eigenvalue weighted by atomic mass is 16.4. The van der Waals surface area contributed by atoms with Gasteiger partial charge in [0.25, 0.3) is 0 Å². The number of fused-ring (bicyclic) bond motifs is 1. The van der Waals surface area contributed by atoms with Gasteiger partial charge in [-0.25, -0.2) is 0 Å². The maximum absolute atomic E-state index is 11.5. The molecule has 0 saturated heterocycles. The molecule has 18 heavy (non-hydrogen) atoms. The number of pyridine rings is 1. The molecule has 92 valence electrons. The van der Waals surface area contributed by atoms with Gasteiger partial charge in [-0.1, -0.05) is 12.5 Å². The topological polar surface area (TPSA) is 50.2 Å². The minimum atomic E-state index is -0.700. The first-order chi connectivity index (χ1) is 8.62. The van der Waals surface area contributed by atoms with E-state index in [4.69, 9.17) is 0 Å². The Labute approximate surface area is 105 Å². The normalized spacial score (nSPS) is 17.4. The highest BCUT2D eigenvalue weighted by molar-refractivity contribution is 5.86. The Balaban J connectivity index is 2.15. The maximum atomic E-state index is 11.5. The van der Waals surface area contributed by atoms with Gasteiger partial charge >= 0.3 is 5.97 Å². The molecular formula is C15H15NO2. The summed E-state index contributed by atoms with van der Waals surface area (Å²) < 4.78 is 0. The number of hydrogen-bond donors (Lipinski definition) is 1. The van der Waals surface area contributed by atoms with Gasteiger partial charge in [-0.3, -0.25) is 9.78 Å². The number of aryl methyl sites for hydroxylation is 1. The van der Waals surface area contributed by atoms with E-state index in [9.17, 15) is 9.90 Å². The van der Waals surface area contributed by atoms with Crippen molar-refractivity contribution >= 4 is 16.9 Å². The third-order valence-corrected chi connectivity index (χ3v) is 3.99. The van der Waals surface area contributed by atoms with E-state index in [2.05, 4.69) is 11.1 Å². The van der Waals surface area contributed by atoms with Crippen LogP contribution < -0.4 is 0 Å². The molecule has 2 aromatic rings. The number of carboxylic acid groups (broad SMARTS) is 1. The van der Waals surface area contributed by atoms with Crippen molar-refractivity contribution in [1.29, 1.82) is 0 Å². The number of carbonyl (C=O) groups is 1. The summed E-state index contributed by atoms with van der Waals surface area (Å²) in [5.41, 5.74) is 2.28. The van der Waals surface area contributed by atoms with Gasteiger partial charge in [-0.05, 0) is 49.1 Å². The van der Waals surface area contributed by atoms with Crippen LogP contribution in [0.25, 0.3) is 10.9 Å². The van der Waals surface area contributed by atoms with Crippen molar-refractivity contribution in [2.75, 3.05) is 0 Å². The average molecular weight is 241 g/mol. The van der Waals surface area contributed by atoms with Crippen molar-refractivity contribution in [3.05, 3.63) is 41.6 Å². The van der Waals surface area contributed by atoms with Crippen LogP contribution in [-0.2, 0) is 10.2 Å². The number of hydrogen-bond acceptors (Lipinski definition) is 2. The first-order valence-electron chi connectivity index (χ1n) is 6.22. The first kappa shape index (κ1) is 11.2. The molecule has 1 aromatic carbocycles. The van der Waals surface area contributed by atoms with Crippen LogP contribution in [0.3, 0.4) is 0 Å². The van der Waals surface area contributed by atoms with E-state index in [1.54, 1.807) is 0 Å². The van der Waals surface area contributed by atoms with Crippen LogP contribution in [0.15, 0.2) is 30.5 Å². The van der Waals surface area contributed by atoms with Gasteiger partial charge in [-0.15, -0.1) is 0 Å². The van der Waals surface area contributed by atoms with E-state index in [1.165, 1.54) is 0 Å². The minimum absolute atomic E-state index is 0.655. The Morgan fingerprint density at radius 3 is 2.72 bits per heavy atom. The number of carboxylic acids is 1. The summed E-state index contributed by atoms with van der Waals surface area (Å²) in [6, 6.07) is 7.88. The predicted octanol–water partition coefficient (Wildman–Crippen LogP) is 3.05. The average Bonchev–Trinajstić information content (AvgIpc) is 2.26. The van der Waals surface area contributed by atoms with Crippen LogP contribution >= 0.6 is 0 Å². The quantitative estimate of drug-likeness (QED) is 0.879. The van der Waals surface area contributed by atoms with Crippen molar-refractivity contribution < 1.29 is 9.90 Å². The van der Waals surface area contributed by atoms with E-state index in [0.717, 1.165) is 41.3 Å². The van der Waals surface area contributed by atoms with Gasteiger partial charge in [0.1, 0.15) is 0 Å². The lowest BCUT2D eigenvalue weighted by atomic mass is 9.64. The van der Waals surface area contributed by atoms with Gasteiger partial charge in [0, 0.05) is 11.6 Å². The largest absolute Gasteiger partial charge is 0.481 e. The Kier molecular flexibility index (Phi) is 2.37. The second-order valence-electron chi connectivity index (χ2n) is 5.16. The highest BCUT2D eigenvalue weighted by Crippen LogP contribution is 2.44. The number of benzene rings is 1. The number of aromatic nitrogens is 1. The van der Waals surface area contributed by atoms with Gasteiger partial charge in [0.2, 0.25) is 0 Å². The zero-order chi connectivity index (χ0) is 12.8. The summed E-state index contributed by atoms with van der Waals surface area (Å²) in [5.74, 6) is -0.700. The lowest BCUT2D eigenvalue weighted by molar-refractivity contribution is -0.147. The van der Waals surface area contributed by atoms with Crippen molar-refractivity contribution in [3.63, 3.8) is 0 Å². The molecule has 1 aromatic heterocycles. The summed E-state index contributed by atoms with van der Waals surface area (Å²) in [5, 5.41) is 10.5. The van der Waals surface area contributed by atoms with Crippen LogP contribution in [0.4, 0.5) is 0 Å². The van der Waals surface area contributed by atoms with Gasteiger partial charge < -0.3 is 5.11 Å². The second-order valence-corrected chi connectivity index (χ2v) is 5.16. The molecule has 0 bridgehead atoms. The van der Waals surface area contributed by atoms with Crippen LogP contribution in [0.2, 0.25) is 0 Å². The second kappa shape index (κ2) is 3.80. The molecule has 1 saturated carbocycles. The highest BCUT2D eigenvalue weighted by Gasteiger charge is 2.45. The molecule has 0 aliphatic heterocycles. The molecule has 1 aliphatic carbocycles. The Hall–Kier alpha value is -1.90. The molecule has 1 fully saturated rings. The Bertz CT molecular complexity index is 629. The Morgan fingerprint density at radius 2 is 2.11 bits per heavy atom. The molecule has 3 heteroatoms. The molecule has 1 N–H and O–H groups in total. The SMILES string of the molecule is Cc1cnc2ccc(C3(C(=O)O)CCC3)cc2c1. The van der Waals surface area contributed by atoms with E-state index in [-0.39, 0.29) is 0 Å². The summed E-state index contributed by atoms with van der Waals surface area (Å²) in [6.07, 6.45) is 4.31. The van der Waals surface area contributed by atoms with Crippen LogP contribution in [0.1, 0.15) is 30.4 Å². The first-order valence-corrected chi connectivity index (χ1v) is 6.22. The summed E-state index contributed by atoms with van der Waals surface area (Å²) in [4.78, 5) is 15.8. The fourth-order valence-corrected chi connectivity index (χ4v) is 2.70. The van der Waals surface area contributed by atoms with Crippen molar-refractivity contribution in [3.8, 4) is 0 Å². The van der Waals surface area contributed by atoms with E-state index in [0.29, 0.717) is 0 Å². The third kappa shape index (κ3) is 1.50. The van der Waals surface area contributed by atoms with Crippen LogP contribution in [0, 0.1) is 6.92 Å². The molecule has 0 radical (unpaired) electrons. The van der Waals surface area contributed by atoms with Crippen LogP contribution in [0.5, 0.6) is 0 Å². The number of rotatable bonds is 2. The smallest absolute Gasteiger partial charge is 0.314 e. The molecule has 0 atom stereocenters. The van der Waals surface area contributed by atoms with Crippen molar-refractivity contribution in [1.82, 2.24) is 4.98 Å². The molecule has 0 unspecified atom stereocenters. The van der Waals surface area contributed by atoms with E-state index < -0.39 is 11.4 Å². The monoisotopic (exact) mass is 241 g/mol. The van der Waals surface area contributed by atoms with Gasteiger partial charge in [0.05, 0.1) is 10.9 Å². The standard InChI is InChI=1S/C15H15NO2/c1-10-7-11-8-12(3-4-13(11)16-9-10)15(14(17)18)5-2-6-15/h3-4,7-9H,2,5-6H2,1H3,(H,17,18). The molecule has 3 nitrogen and oxygen atoms in total. The molecule has 0 amide bonds. The van der Waals surface area contributed by atoms with Crippen molar-refractivity contribution in [2.24, 2.45) is 0 Å². The third-order valence-electron chi connectivity index (χ3n) is 3.99. The Morgan fingerprint density at radius 1 is 1.33 bits per heavy atom. The number of nitrogens with zero attached hydrogens (tertiary/aromatic N) is 1. The maximum Gasteiger partial charge on any atom is 0.314 e. The van der Waals surface area contributed by atoms with Crippen LogP contribution in [-0.4, -0.2) is 16.1 Å². The van der Waals surface area contributed by atoms with Crippen molar-refractivity contribution in [2.45, 2.75) is 31.6 Å². The summed E-state index contributed by atoms with van der Waals surface area (Å²) in [7, 11) is 0. The van der Waals surface area contributed by atoms with Gasteiger partial charge in [-0.2, -0.15) is 0 Å². The lowest BCUT2D eigenvalue weighted by Crippen LogP contribution is -2.42. The van der Waals surface area contributed by atoms with Gasteiger partial charge in [0.15, 0.2) is 0 Å². The fraction of sp³-hybridized carbons (Fsp3) is 0.333. The summed E-state index contributed by atoms with van der Waals surface area (Å²) >= 11 is 0. The lowest BCUT2D eigenvalue weighted by Gasteiger charge is -2.38. The summed E-state index contributed by atoms with van der Waals surface area (Å²) in [6.45, 7) is 2.00.